The molecule has 1 aromatic carbocycles. The third kappa shape index (κ3) is 5.65. The zero-order valence-electron chi connectivity index (χ0n) is 16.5. The molecule has 0 bridgehead atoms. The van der Waals surface area contributed by atoms with Crippen LogP contribution in [0.2, 0.25) is 0 Å². The summed E-state index contributed by atoms with van der Waals surface area (Å²) >= 11 is 0. The van der Waals surface area contributed by atoms with E-state index in [-0.39, 0.29) is 23.4 Å². The Morgan fingerprint density at radius 3 is 2.48 bits per heavy atom. The van der Waals surface area contributed by atoms with Crippen molar-refractivity contribution in [1.29, 1.82) is 0 Å². The van der Waals surface area contributed by atoms with Gasteiger partial charge in [0.15, 0.2) is 5.75 Å². The third-order valence-corrected chi connectivity index (χ3v) is 4.46. The van der Waals surface area contributed by atoms with Gasteiger partial charge in [-0.2, -0.15) is 0 Å². The van der Waals surface area contributed by atoms with Crippen LogP contribution in [0, 0.1) is 0 Å². The number of alkyl halides is 3. The number of ether oxygens (including phenoxy) is 2. The summed E-state index contributed by atoms with van der Waals surface area (Å²) in [6.45, 7) is 6.55. The summed E-state index contributed by atoms with van der Waals surface area (Å²) in [5.74, 6) is -0.335. The second-order valence-corrected chi connectivity index (χ2v) is 7.94. The van der Waals surface area contributed by atoms with Crippen LogP contribution < -0.4 is 10.1 Å². The topological polar surface area (TPSA) is 63.7 Å². The summed E-state index contributed by atoms with van der Waals surface area (Å²) in [4.78, 5) is 17.9. The standard InChI is InChI=1S/C20H24F3N3O3/c1-19(2,3)29-18(27)26-11-8-13(9-12-26)25-15-6-7-16(28-20(21,22)23)17-14(15)5-4-10-24-17/h4-7,10,13,25H,8-9,11-12H2,1-3H3. The number of hydrogen-bond donors (Lipinski definition) is 1. The number of fused-ring (bicyclic) bond motifs is 1. The number of anilines is 1. The first-order valence-electron chi connectivity index (χ1n) is 9.40. The Morgan fingerprint density at radius 1 is 1.17 bits per heavy atom. The molecule has 0 radical (unpaired) electrons. The molecule has 1 aromatic heterocycles. The van der Waals surface area contributed by atoms with Crippen LogP contribution in [0.4, 0.5) is 23.7 Å². The Labute approximate surface area is 167 Å². The number of rotatable bonds is 3. The number of pyridine rings is 1. The van der Waals surface area contributed by atoms with E-state index in [9.17, 15) is 18.0 Å². The van der Waals surface area contributed by atoms with E-state index in [1.54, 1.807) is 23.1 Å². The highest BCUT2D eigenvalue weighted by atomic mass is 19.4. The summed E-state index contributed by atoms with van der Waals surface area (Å²) in [6, 6.07) is 6.26. The van der Waals surface area contributed by atoms with Crippen LogP contribution in [0.1, 0.15) is 33.6 Å². The average Bonchev–Trinajstić information content (AvgIpc) is 2.62. The number of carbonyl (C=O) groups is 1. The van der Waals surface area contributed by atoms with Gasteiger partial charge < -0.3 is 19.7 Å². The van der Waals surface area contributed by atoms with E-state index < -0.39 is 12.0 Å². The van der Waals surface area contributed by atoms with Gasteiger partial charge in [-0.05, 0) is 57.9 Å². The van der Waals surface area contributed by atoms with E-state index in [2.05, 4.69) is 15.0 Å². The first-order valence-corrected chi connectivity index (χ1v) is 9.40. The molecule has 3 rings (SSSR count). The van der Waals surface area contributed by atoms with Gasteiger partial charge in [0, 0.05) is 36.4 Å². The van der Waals surface area contributed by atoms with Gasteiger partial charge in [-0.15, -0.1) is 13.2 Å². The molecule has 0 spiro atoms. The highest BCUT2D eigenvalue weighted by Gasteiger charge is 2.32. The largest absolute Gasteiger partial charge is 0.573 e. The van der Waals surface area contributed by atoms with E-state index in [4.69, 9.17) is 4.74 Å². The Hall–Kier alpha value is -2.71. The lowest BCUT2D eigenvalue weighted by molar-refractivity contribution is -0.274. The molecule has 0 aliphatic carbocycles. The zero-order valence-corrected chi connectivity index (χ0v) is 16.5. The van der Waals surface area contributed by atoms with Crippen LogP contribution in [0.25, 0.3) is 10.9 Å². The predicted octanol–water partition coefficient (Wildman–Crippen LogP) is 4.94. The Bertz CT molecular complexity index is 873. The summed E-state index contributed by atoms with van der Waals surface area (Å²) < 4.78 is 47.4. The first kappa shape index (κ1) is 21.0. The van der Waals surface area contributed by atoms with E-state index in [0.717, 1.165) is 0 Å². The highest BCUT2D eigenvalue weighted by molar-refractivity contribution is 5.95. The van der Waals surface area contributed by atoms with Gasteiger partial charge in [0.1, 0.15) is 11.1 Å². The Balaban J connectivity index is 1.69. The lowest BCUT2D eigenvalue weighted by atomic mass is 10.0. The average molecular weight is 411 g/mol. The number of nitrogens with zero attached hydrogens (tertiary/aromatic N) is 2. The maximum atomic E-state index is 12.6. The van der Waals surface area contributed by atoms with Crippen LogP contribution in [0.15, 0.2) is 30.5 Å². The maximum absolute atomic E-state index is 12.6. The summed E-state index contributed by atoms with van der Waals surface area (Å²) in [6.07, 6.45) is -2.30. The van der Waals surface area contributed by atoms with E-state index in [0.29, 0.717) is 37.0 Å². The zero-order chi connectivity index (χ0) is 21.2. The number of likely N-dealkylation sites (tertiary alicyclic amines) is 1. The molecule has 1 aliphatic rings. The predicted molar refractivity (Wildman–Crippen MR) is 103 cm³/mol. The van der Waals surface area contributed by atoms with Crippen molar-refractivity contribution < 1.29 is 27.4 Å². The van der Waals surface area contributed by atoms with Gasteiger partial charge in [-0.1, -0.05) is 0 Å². The second kappa shape index (κ2) is 7.96. The van der Waals surface area contributed by atoms with Gasteiger partial charge in [0.2, 0.25) is 0 Å². The number of piperidine rings is 1. The van der Waals surface area contributed by atoms with Gasteiger partial charge >= 0.3 is 12.5 Å². The molecule has 6 nitrogen and oxygen atoms in total. The molecular formula is C20H24F3N3O3. The number of hydrogen-bond acceptors (Lipinski definition) is 5. The molecule has 0 saturated carbocycles. The fourth-order valence-electron chi connectivity index (χ4n) is 3.23. The summed E-state index contributed by atoms with van der Waals surface area (Å²) in [7, 11) is 0. The van der Waals surface area contributed by atoms with E-state index in [1.165, 1.54) is 12.3 Å². The van der Waals surface area contributed by atoms with Crippen molar-refractivity contribution in [2.45, 2.75) is 51.6 Å². The third-order valence-electron chi connectivity index (χ3n) is 4.46. The second-order valence-electron chi connectivity index (χ2n) is 7.94. The Kier molecular flexibility index (Phi) is 5.77. The fourth-order valence-corrected chi connectivity index (χ4v) is 3.23. The van der Waals surface area contributed by atoms with Crippen molar-refractivity contribution in [2.75, 3.05) is 18.4 Å². The number of carbonyl (C=O) groups excluding carboxylic acids is 1. The summed E-state index contributed by atoms with van der Waals surface area (Å²) in [5.41, 5.74) is 0.276. The monoisotopic (exact) mass is 411 g/mol. The molecule has 1 amide bonds. The van der Waals surface area contributed by atoms with Gasteiger partial charge in [-0.25, -0.2) is 4.79 Å². The van der Waals surface area contributed by atoms with E-state index >= 15 is 0 Å². The van der Waals surface area contributed by atoms with Crippen molar-refractivity contribution in [1.82, 2.24) is 9.88 Å². The molecule has 158 valence electrons. The van der Waals surface area contributed by atoms with Crippen molar-refractivity contribution in [3.05, 3.63) is 30.5 Å². The Morgan fingerprint density at radius 2 is 1.86 bits per heavy atom. The van der Waals surface area contributed by atoms with Crippen LogP contribution in [-0.4, -0.2) is 47.1 Å². The summed E-state index contributed by atoms with van der Waals surface area (Å²) in [5, 5.41) is 3.91. The number of nitrogens with one attached hydrogen (secondary N) is 1. The smallest absolute Gasteiger partial charge is 0.444 e. The van der Waals surface area contributed by atoms with Crippen molar-refractivity contribution in [3.63, 3.8) is 0 Å². The normalized spacial score (nSPS) is 16.0. The van der Waals surface area contributed by atoms with E-state index in [1.807, 2.05) is 20.8 Å². The molecule has 1 aliphatic heterocycles. The maximum Gasteiger partial charge on any atom is 0.573 e. The first-order chi connectivity index (χ1) is 13.5. The minimum absolute atomic E-state index is 0.0754. The van der Waals surface area contributed by atoms with Gasteiger partial charge in [0.25, 0.3) is 0 Å². The SMILES string of the molecule is CC(C)(C)OC(=O)N1CCC(Nc2ccc(OC(F)(F)F)c3ncccc23)CC1. The lowest BCUT2D eigenvalue weighted by Crippen LogP contribution is -2.44. The van der Waals surface area contributed by atoms with Crippen LogP contribution in [-0.2, 0) is 4.74 Å². The molecule has 2 heterocycles. The molecule has 9 heteroatoms. The van der Waals surface area contributed by atoms with Gasteiger partial charge in [-0.3, -0.25) is 4.98 Å². The molecule has 29 heavy (non-hydrogen) atoms. The minimum Gasteiger partial charge on any atom is -0.444 e. The minimum atomic E-state index is -4.78. The van der Waals surface area contributed by atoms with Crippen LogP contribution in [0.5, 0.6) is 5.75 Å². The molecule has 1 saturated heterocycles. The fraction of sp³-hybridized carbons (Fsp3) is 0.500. The van der Waals surface area contributed by atoms with Gasteiger partial charge in [0.05, 0.1) is 0 Å². The molecule has 1 N–H and O–H groups in total. The number of amides is 1. The number of aromatic nitrogens is 1. The van der Waals surface area contributed by atoms with Crippen molar-refractivity contribution in [3.8, 4) is 5.75 Å². The number of halogens is 3. The quantitative estimate of drug-likeness (QED) is 0.775. The number of benzene rings is 1. The molecule has 1 fully saturated rings. The van der Waals surface area contributed by atoms with Crippen LogP contribution >= 0.6 is 0 Å². The van der Waals surface area contributed by atoms with Crippen LogP contribution in [0.3, 0.4) is 0 Å². The molecular weight excluding hydrogens is 387 g/mol. The molecule has 0 atom stereocenters. The molecule has 2 aromatic rings. The van der Waals surface area contributed by atoms with Crippen molar-refractivity contribution >= 4 is 22.7 Å². The van der Waals surface area contributed by atoms with Crippen molar-refractivity contribution in [2.24, 2.45) is 0 Å². The molecule has 0 unspecified atom stereocenters. The highest BCUT2D eigenvalue weighted by Crippen LogP contribution is 2.34. The lowest BCUT2D eigenvalue weighted by Gasteiger charge is -2.34.